The number of rotatable bonds is 8. The summed E-state index contributed by atoms with van der Waals surface area (Å²) in [5, 5.41) is 0. The minimum atomic E-state index is -4.43. The maximum absolute atomic E-state index is 12.6. The lowest BCUT2D eigenvalue weighted by Gasteiger charge is -2.19. The number of nitrogens with zero attached hydrogens (tertiary/aromatic N) is 1. The molecule has 0 saturated carbocycles. The maximum Gasteiger partial charge on any atom is 0.416 e. The van der Waals surface area contributed by atoms with Crippen molar-refractivity contribution in [3.63, 3.8) is 0 Å². The fourth-order valence-electron chi connectivity index (χ4n) is 2.58. The van der Waals surface area contributed by atoms with E-state index in [1.54, 1.807) is 31.2 Å². The van der Waals surface area contributed by atoms with Gasteiger partial charge in [-0.05, 0) is 48.0 Å². The molecule has 4 N–H and O–H groups in total. The van der Waals surface area contributed by atoms with E-state index < -0.39 is 35.5 Å². The van der Waals surface area contributed by atoms with Crippen LogP contribution in [-0.4, -0.2) is 17.5 Å². The van der Waals surface area contributed by atoms with Crippen molar-refractivity contribution >= 4 is 17.5 Å². The van der Waals surface area contributed by atoms with Gasteiger partial charge in [-0.1, -0.05) is 25.6 Å². The lowest BCUT2D eigenvalue weighted by Crippen LogP contribution is -2.28. The molecule has 0 aromatic heterocycles. The minimum Gasteiger partial charge on any atom is -0.457 e. The molecule has 0 spiro atoms. The van der Waals surface area contributed by atoms with Gasteiger partial charge in [-0.3, -0.25) is 14.6 Å². The van der Waals surface area contributed by atoms with Crippen molar-refractivity contribution < 1.29 is 27.5 Å². The van der Waals surface area contributed by atoms with Crippen molar-refractivity contribution in [1.82, 2.24) is 0 Å². The summed E-state index contributed by atoms with van der Waals surface area (Å²) in [4.78, 5) is 27.3. The molecule has 0 radical (unpaired) electrons. The summed E-state index contributed by atoms with van der Waals surface area (Å²) in [6.45, 7) is 5.04. The zero-order valence-corrected chi connectivity index (χ0v) is 16.0. The third-order valence-electron chi connectivity index (χ3n) is 4.29. The van der Waals surface area contributed by atoms with Gasteiger partial charge in [0.05, 0.1) is 17.5 Å². The minimum absolute atomic E-state index is 0.0989. The number of aliphatic imine (C=N–C) groups is 1. The standard InChI is InChI=1S/C21H20F3N3O3/c1-3-17(20(26)29)27-18(12(2)19(25)28)13-4-8-15(9-5-13)30-16-10-6-14(7-11-16)21(22,23)24/h3-12,18H,1H2,2H3,(H2,25,28)(H2,26,29)/b27-17+/t12-,18?/m1/s1. The zero-order chi connectivity index (χ0) is 22.5. The fraction of sp³-hybridized carbons (Fsp3) is 0.190. The van der Waals surface area contributed by atoms with Gasteiger partial charge >= 0.3 is 6.18 Å². The summed E-state index contributed by atoms with van der Waals surface area (Å²) < 4.78 is 43.4. The summed E-state index contributed by atoms with van der Waals surface area (Å²) in [6, 6.07) is 9.80. The van der Waals surface area contributed by atoms with Gasteiger partial charge in [-0.25, -0.2) is 0 Å². The molecule has 0 saturated heterocycles. The van der Waals surface area contributed by atoms with Crippen molar-refractivity contribution in [2.24, 2.45) is 22.4 Å². The van der Waals surface area contributed by atoms with Crippen LogP contribution in [0, 0.1) is 5.92 Å². The van der Waals surface area contributed by atoms with Crippen LogP contribution < -0.4 is 16.2 Å². The Kier molecular flexibility index (Phi) is 6.99. The van der Waals surface area contributed by atoms with Crippen LogP contribution in [0.3, 0.4) is 0 Å². The average Bonchev–Trinajstić information content (AvgIpc) is 2.68. The summed E-state index contributed by atoms with van der Waals surface area (Å²) in [5.41, 5.74) is 10.3. The Morgan fingerprint density at radius 1 is 1.03 bits per heavy atom. The number of hydrogen-bond acceptors (Lipinski definition) is 4. The van der Waals surface area contributed by atoms with E-state index in [4.69, 9.17) is 16.2 Å². The van der Waals surface area contributed by atoms with Gasteiger partial charge in [0.1, 0.15) is 17.2 Å². The molecule has 2 amide bonds. The molecule has 2 atom stereocenters. The van der Waals surface area contributed by atoms with E-state index in [0.717, 1.165) is 12.1 Å². The van der Waals surface area contributed by atoms with Gasteiger partial charge < -0.3 is 16.2 Å². The lowest BCUT2D eigenvalue weighted by atomic mass is 9.94. The Morgan fingerprint density at radius 2 is 1.53 bits per heavy atom. The normalized spacial score (nSPS) is 13.9. The molecule has 0 heterocycles. The van der Waals surface area contributed by atoms with Crippen LogP contribution in [0.4, 0.5) is 13.2 Å². The van der Waals surface area contributed by atoms with Crippen molar-refractivity contribution in [2.45, 2.75) is 19.1 Å². The number of ether oxygens (including phenoxy) is 1. The molecule has 6 nitrogen and oxygen atoms in total. The van der Waals surface area contributed by atoms with E-state index in [2.05, 4.69) is 11.6 Å². The number of carbonyl (C=O) groups is 2. The topological polar surface area (TPSA) is 108 Å². The van der Waals surface area contributed by atoms with E-state index in [-0.39, 0.29) is 11.5 Å². The summed E-state index contributed by atoms with van der Waals surface area (Å²) in [6.07, 6.45) is -3.24. The second kappa shape index (κ2) is 9.25. The van der Waals surface area contributed by atoms with Crippen molar-refractivity contribution in [3.05, 3.63) is 72.3 Å². The molecular weight excluding hydrogens is 399 g/mol. The second-order valence-corrected chi connectivity index (χ2v) is 6.41. The molecule has 9 heteroatoms. The smallest absolute Gasteiger partial charge is 0.416 e. The maximum atomic E-state index is 12.6. The molecule has 0 aliphatic carbocycles. The molecular formula is C21H20F3N3O3. The first-order valence-electron chi connectivity index (χ1n) is 8.77. The highest BCUT2D eigenvalue weighted by Crippen LogP contribution is 2.32. The number of carbonyl (C=O) groups excluding carboxylic acids is 2. The number of amides is 2. The van der Waals surface area contributed by atoms with Gasteiger partial charge in [0, 0.05) is 0 Å². The van der Waals surface area contributed by atoms with Crippen molar-refractivity contribution in [1.29, 1.82) is 0 Å². The van der Waals surface area contributed by atoms with Gasteiger partial charge in [-0.15, -0.1) is 0 Å². The Hall–Kier alpha value is -3.62. The van der Waals surface area contributed by atoms with E-state index >= 15 is 0 Å². The zero-order valence-electron chi connectivity index (χ0n) is 16.0. The molecule has 2 aromatic rings. The van der Waals surface area contributed by atoms with Gasteiger partial charge in [0.15, 0.2) is 0 Å². The molecule has 0 aliphatic heterocycles. The number of halogens is 3. The summed E-state index contributed by atoms with van der Waals surface area (Å²) in [7, 11) is 0. The van der Waals surface area contributed by atoms with Crippen LogP contribution in [-0.2, 0) is 15.8 Å². The highest BCUT2D eigenvalue weighted by molar-refractivity contribution is 6.42. The van der Waals surface area contributed by atoms with E-state index in [9.17, 15) is 22.8 Å². The first kappa shape index (κ1) is 22.7. The van der Waals surface area contributed by atoms with Crippen LogP contribution in [0.15, 0.2) is 66.2 Å². The molecule has 0 fully saturated rings. The van der Waals surface area contributed by atoms with Gasteiger partial charge in [0.25, 0.3) is 5.91 Å². The third kappa shape index (κ3) is 5.69. The van der Waals surface area contributed by atoms with Crippen LogP contribution >= 0.6 is 0 Å². The number of alkyl halides is 3. The Morgan fingerprint density at radius 3 is 1.93 bits per heavy atom. The first-order valence-corrected chi connectivity index (χ1v) is 8.77. The van der Waals surface area contributed by atoms with E-state index in [1.807, 2.05) is 0 Å². The SMILES string of the molecule is C=C/C(=N\C(c1ccc(Oc2ccc(C(F)(F)F)cc2)cc1)[C@@H](C)C(N)=O)C(N)=O. The predicted octanol–water partition coefficient (Wildman–Crippen LogP) is 3.77. The quantitative estimate of drug-likeness (QED) is 0.636. The van der Waals surface area contributed by atoms with Crippen LogP contribution in [0.25, 0.3) is 0 Å². The highest BCUT2D eigenvalue weighted by atomic mass is 19.4. The summed E-state index contributed by atoms with van der Waals surface area (Å²) in [5.74, 6) is -1.60. The van der Waals surface area contributed by atoms with Crippen molar-refractivity contribution in [3.8, 4) is 11.5 Å². The fourth-order valence-corrected chi connectivity index (χ4v) is 2.58. The predicted molar refractivity (Wildman–Crippen MR) is 106 cm³/mol. The van der Waals surface area contributed by atoms with Crippen LogP contribution in [0.2, 0.25) is 0 Å². The van der Waals surface area contributed by atoms with Crippen molar-refractivity contribution in [2.75, 3.05) is 0 Å². The Labute approximate surface area is 171 Å². The van der Waals surface area contributed by atoms with Gasteiger partial charge in [-0.2, -0.15) is 13.2 Å². The molecule has 30 heavy (non-hydrogen) atoms. The number of hydrogen-bond donors (Lipinski definition) is 2. The Balaban J connectivity index is 2.27. The first-order chi connectivity index (χ1) is 14.0. The molecule has 1 unspecified atom stereocenters. The average molecular weight is 419 g/mol. The summed E-state index contributed by atoms with van der Waals surface area (Å²) >= 11 is 0. The van der Waals surface area contributed by atoms with E-state index in [0.29, 0.717) is 11.3 Å². The monoisotopic (exact) mass is 419 g/mol. The third-order valence-corrected chi connectivity index (χ3v) is 4.29. The number of benzene rings is 2. The number of primary amides is 2. The van der Waals surface area contributed by atoms with Crippen LogP contribution in [0.5, 0.6) is 11.5 Å². The number of nitrogens with two attached hydrogens (primary N) is 2. The molecule has 0 bridgehead atoms. The highest BCUT2D eigenvalue weighted by Gasteiger charge is 2.30. The lowest BCUT2D eigenvalue weighted by molar-refractivity contribution is -0.137. The van der Waals surface area contributed by atoms with Crippen LogP contribution in [0.1, 0.15) is 24.1 Å². The Bertz CT molecular complexity index is 952. The van der Waals surface area contributed by atoms with Gasteiger partial charge in [0.2, 0.25) is 5.91 Å². The molecule has 0 aliphatic rings. The largest absolute Gasteiger partial charge is 0.457 e. The second-order valence-electron chi connectivity index (χ2n) is 6.41. The molecule has 2 rings (SSSR count). The molecule has 158 valence electrons. The van der Waals surface area contributed by atoms with E-state index in [1.165, 1.54) is 18.2 Å². The molecule has 2 aromatic carbocycles.